The summed E-state index contributed by atoms with van der Waals surface area (Å²) in [4.78, 5) is 8.47. The maximum absolute atomic E-state index is 5.61. The molecule has 0 amide bonds. The monoisotopic (exact) mass is 173 g/mol. The molecule has 13 heavy (non-hydrogen) atoms. The van der Waals surface area contributed by atoms with E-state index in [9.17, 15) is 0 Å². The zero-order valence-electron chi connectivity index (χ0n) is 7.49. The third kappa shape index (κ3) is 1.33. The first kappa shape index (κ1) is 7.98. The number of pyridine rings is 2. The summed E-state index contributed by atoms with van der Waals surface area (Å²) in [5.41, 5.74) is 9.32. The predicted octanol–water partition coefficient (Wildman–Crippen LogP) is 1.77. The molecule has 3 heteroatoms. The minimum atomic E-state index is 0.660. The molecule has 0 atom stereocenters. The number of nitrogens with zero attached hydrogens (tertiary/aromatic N) is 2. The number of fused-ring (bicyclic) bond motifs is 1. The van der Waals surface area contributed by atoms with E-state index in [0.29, 0.717) is 5.69 Å². The van der Waals surface area contributed by atoms with Crippen molar-refractivity contribution in [2.75, 3.05) is 5.73 Å². The Labute approximate surface area is 76.6 Å². The molecule has 0 bridgehead atoms. The third-order valence-corrected chi connectivity index (χ3v) is 2.06. The summed E-state index contributed by atoms with van der Waals surface area (Å²) in [6.45, 7) is 2.10. The zero-order chi connectivity index (χ0) is 9.26. The van der Waals surface area contributed by atoms with E-state index in [4.69, 9.17) is 5.73 Å². The quantitative estimate of drug-likeness (QED) is 0.715. The first-order valence-electron chi connectivity index (χ1n) is 4.30. The molecule has 0 aromatic carbocycles. The van der Waals surface area contributed by atoms with Gasteiger partial charge in [-0.05, 0) is 24.1 Å². The SMILES string of the molecule is CCc1ccnc2cc(N)cnc12. The lowest BCUT2D eigenvalue weighted by atomic mass is 10.1. The van der Waals surface area contributed by atoms with Crippen molar-refractivity contribution in [1.82, 2.24) is 9.97 Å². The van der Waals surface area contributed by atoms with Crippen molar-refractivity contribution in [3.8, 4) is 0 Å². The molecule has 3 nitrogen and oxygen atoms in total. The van der Waals surface area contributed by atoms with Gasteiger partial charge in [0.05, 0.1) is 22.9 Å². The van der Waals surface area contributed by atoms with Crippen LogP contribution in [-0.2, 0) is 6.42 Å². The fraction of sp³-hybridized carbons (Fsp3) is 0.200. The van der Waals surface area contributed by atoms with E-state index in [1.165, 1.54) is 5.56 Å². The summed E-state index contributed by atoms with van der Waals surface area (Å²) in [5.74, 6) is 0. The number of anilines is 1. The number of aryl methyl sites for hydroxylation is 1. The van der Waals surface area contributed by atoms with Crippen LogP contribution >= 0.6 is 0 Å². The molecule has 0 aliphatic heterocycles. The smallest absolute Gasteiger partial charge is 0.0920 e. The molecule has 2 aromatic heterocycles. The van der Waals surface area contributed by atoms with Crippen LogP contribution in [0.4, 0.5) is 5.69 Å². The van der Waals surface area contributed by atoms with Gasteiger partial charge in [-0.15, -0.1) is 0 Å². The lowest BCUT2D eigenvalue weighted by molar-refractivity contribution is 1.13. The Hall–Kier alpha value is -1.64. The molecule has 66 valence electrons. The van der Waals surface area contributed by atoms with Crippen molar-refractivity contribution in [1.29, 1.82) is 0 Å². The van der Waals surface area contributed by atoms with Crippen molar-refractivity contribution >= 4 is 16.7 Å². The van der Waals surface area contributed by atoms with Crippen LogP contribution in [0.1, 0.15) is 12.5 Å². The standard InChI is InChI=1S/C10H11N3/c1-2-7-3-4-12-9-5-8(11)6-13-10(7)9/h3-6H,2,11H2,1H3. The normalized spacial score (nSPS) is 10.5. The first-order valence-corrected chi connectivity index (χ1v) is 4.30. The maximum Gasteiger partial charge on any atom is 0.0920 e. The average Bonchev–Trinajstić information content (AvgIpc) is 2.16. The Kier molecular flexibility index (Phi) is 1.85. The maximum atomic E-state index is 5.61. The van der Waals surface area contributed by atoms with Gasteiger partial charge in [-0.1, -0.05) is 6.92 Å². The van der Waals surface area contributed by atoms with E-state index in [2.05, 4.69) is 16.9 Å². The van der Waals surface area contributed by atoms with E-state index in [1.807, 2.05) is 12.1 Å². The summed E-state index contributed by atoms with van der Waals surface area (Å²) in [5, 5.41) is 0. The molecular weight excluding hydrogens is 162 g/mol. The van der Waals surface area contributed by atoms with Crippen LogP contribution in [0, 0.1) is 0 Å². The van der Waals surface area contributed by atoms with Gasteiger partial charge in [0.1, 0.15) is 0 Å². The van der Waals surface area contributed by atoms with Gasteiger partial charge in [0.2, 0.25) is 0 Å². The van der Waals surface area contributed by atoms with Crippen molar-refractivity contribution in [2.24, 2.45) is 0 Å². The van der Waals surface area contributed by atoms with Gasteiger partial charge in [-0.2, -0.15) is 0 Å². The lowest BCUT2D eigenvalue weighted by Gasteiger charge is -2.02. The van der Waals surface area contributed by atoms with Crippen LogP contribution in [0.2, 0.25) is 0 Å². The van der Waals surface area contributed by atoms with Crippen LogP contribution < -0.4 is 5.73 Å². The van der Waals surface area contributed by atoms with Gasteiger partial charge >= 0.3 is 0 Å². The number of nitrogen functional groups attached to an aromatic ring is 1. The zero-order valence-corrected chi connectivity index (χ0v) is 7.49. The number of nitrogens with two attached hydrogens (primary N) is 1. The molecule has 0 aliphatic carbocycles. The molecule has 0 saturated heterocycles. The molecule has 2 rings (SSSR count). The van der Waals surface area contributed by atoms with Crippen molar-refractivity contribution < 1.29 is 0 Å². The summed E-state index contributed by atoms with van der Waals surface area (Å²) in [6.07, 6.45) is 4.43. The van der Waals surface area contributed by atoms with Gasteiger partial charge < -0.3 is 5.73 Å². The first-order chi connectivity index (χ1) is 6.31. The minimum absolute atomic E-state index is 0.660. The van der Waals surface area contributed by atoms with Gasteiger partial charge in [-0.3, -0.25) is 9.97 Å². The van der Waals surface area contributed by atoms with Crippen molar-refractivity contribution in [2.45, 2.75) is 13.3 Å². The summed E-state index contributed by atoms with van der Waals surface area (Å²) < 4.78 is 0. The van der Waals surface area contributed by atoms with E-state index in [-0.39, 0.29) is 0 Å². The fourth-order valence-corrected chi connectivity index (χ4v) is 1.39. The number of rotatable bonds is 1. The van der Waals surface area contributed by atoms with E-state index in [1.54, 1.807) is 12.4 Å². The summed E-state index contributed by atoms with van der Waals surface area (Å²) in [7, 11) is 0. The van der Waals surface area contributed by atoms with Crippen molar-refractivity contribution in [3.05, 3.63) is 30.1 Å². The Morgan fingerprint density at radius 3 is 3.00 bits per heavy atom. The highest BCUT2D eigenvalue weighted by molar-refractivity contribution is 5.79. The summed E-state index contributed by atoms with van der Waals surface area (Å²) in [6, 6.07) is 3.84. The van der Waals surface area contributed by atoms with Crippen LogP contribution in [0.25, 0.3) is 11.0 Å². The summed E-state index contributed by atoms with van der Waals surface area (Å²) >= 11 is 0. The molecule has 0 spiro atoms. The second kappa shape index (κ2) is 3.01. The average molecular weight is 173 g/mol. The molecular formula is C10H11N3. The molecule has 0 fully saturated rings. The molecule has 2 N–H and O–H groups in total. The number of aromatic nitrogens is 2. The Morgan fingerprint density at radius 2 is 2.23 bits per heavy atom. The Balaban J connectivity index is 2.77. The second-order valence-electron chi connectivity index (χ2n) is 2.96. The highest BCUT2D eigenvalue weighted by Gasteiger charge is 2.00. The van der Waals surface area contributed by atoms with Crippen LogP contribution in [-0.4, -0.2) is 9.97 Å². The van der Waals surface area contributed by atoms with Gasteiger partial charge in [0.25, 0.3) is 0 Å². The molecule has 0 unspecified atom stereocenters. The highest BCUT2D eigenvalue weighted by Crippen LogP contribution is 2.16. The Morgan fingerprint density at radius 1 is 1.38 bits per heavy atom. The van der Waals surface area contributed by atoms with Crippen LogP contribution in [0.5, 0.6) is 0 Å². The van der Waals surface area contributed by atoms with Crippen LogP contribution in [0.15, 0.2) is 24.5 Å². The predicted molar refractivity (Wildman–Crippen MR) is 53.3 cm³/mol. The fourth-order valence-electron chi connectivity index (χ4n) is 1.39. The van der Waals surface area contributed by atoms with Crippen LogP contribution in [0.3, 0.4) is 0 Å². The number of hydrogen-bond acceptors (Lipinski definition) is 3. The van der Waals surface area contributed by atoms with E-state index < -0.39 is 0 Å². The third-order valence-electron chi connectivity index (χ3n) is 2.06. The van der Waals surface area contributed by atoms with E-state index in [0.717, 1.165) is 17.5 Å². The highest BCUT2D eigenvalue weighted by atomic mass is 14.8. The Bertz CT molecular complexity index is 437. The minimum Gasteiger partial charge on any atom is -0.397 e. The van der Waals surface area contributed by atoms with Gasteiger partial charge in [-0.25, -0.2) is 0 Å². The molecule has 2 heterocycles. The molecule has 0 radical (unpaired) electrons. The molecule has 0 aliphatic rings. The van der Waals surface area contributed by atoms with E-state index >= 15 is 0 Å². The molecule has 2 aromatic rings. The lowest BCUT2D eigenvalue weighted by Crippen LogP contribution is -1.92. The second-order valence-corrected chi connectivity index (χ2v) is 2.96. The molecule has 0 saturated carbocycles. The van der Waals surface area contributed by atoms with Gasteiger partial charge in [0, 0.05) is 6.20 Å². The largest absolute Gasteiger partial charge is 0.397 e. The van der Waals surface area contributed by atoms with Gasteiger partial charge in [0.15, 0.2) is 0 Å². The van der Waals surface area contributed by atoms with Crippen molar-refractivity contribution in [3.63, 3.8) is 0 Å². The topological polar surface area (TPSA) is 51.8 Å². The number of hydrogen-bond donors (Lipinski definition) is 1.